The summed E-state index contributed by atoms with van der Waals surface area (Å²) in [5, 5.41) is 0. The second-order valence-electron chi connectivity index (χ2n) is 1.03. The van der Waals surface area contributed by atoms with Crippen LogP contribution in [0.3, 0.4) is 0 Å². The summed E-state index contributed by atoms with van der Waals surface area (Å²) in [5.41, 5.74) is 0. The van der Waals surface area contributed by atoms with E-state index < -0.39 is 0 Å². The third-order valence-corrected chi connectivity index (χ3v) is 0.510. The maximum Gasteiger partial charge on any atom is 0.0818 e. The molecule has 0 amide bonds. The normalized spacial score (nSPS) is 18.2. The first-order chi connectivity index (χ1) is 4.55. The molecule has 0 aliphatic carbocycles. The van der Waals surface area contributed by atoms with Crippen LogP contribution in [0.15, 0.2) is 24.4 Å². The van der Waals surface area contributed by atoms with E-state index in [4.69, 9.17) is 5.48 Å². The van der Waals surface area contributed by atoms with E-state index in [1.54, 1.807) is 0 Å². The summed E-state index contributed by atoms with van der Waals surface area (Å²) in [6.45, 7) is 0. The van der Waals surface area contributed by atoms with Crippen LogP contribution >= 0.6 is 0 Å². The molecule has 0 unspecified atom stereocenters. The number of nitrogens with zero attached hydrogens (tertiary/aromatic N) is 1. The van der Waals surface area contributed by atoms with Gasteiger partial charge in [-0.2, -0.15) is 0 Å². The molecule has 0 N–H and O–H groups in total. The predicted octanol–water partition coefficient (Wildman–Crippen LogP) is 1.03. The van der Waals surface area contributed by atoms with Crippen LogP contribution < -0.4 is 0 Å². The van der Waals surface area contributed by atoms with Crippen LogP contribution in [0, 0.1) is 0 Å². The lowest BCUT2D eigenvalue weighted by Crippen LogP contribution is -1.75. The first kappa shape index (κ1) is 1.12. The molecule has 0 saturated carbocycles. The Hall–Kier alpha value is -0.720. The fraction of sp³-hybridized carbons (Fsp3) is 0.200. The topological polar surface area (TPSA) is 4.93 Å². The first-order valence-corrected chi connectivity index (χ1v) is 1.64. The van der Waals surface area contributed by atoms with Gasteiger partial charge < -0.3 is 4.57 Å². The molecule has 0 aliphatic heterocycles. The van der Waals surface area contributed by atoms with Crippen molar-refractivity contribution in [3.63, 3.8) is 0 Å². The molecule has 0 aromatic carbocycles. The minimum atomic E-state index is -0.174. The maximum absolute atomic E-state index is 7.14. The Balaban J connectivity index is 3.44. The predicted molar refractivity (Wildman–Crippen MR) is 25.4 cm³/mol. The van der Waals surface area contributed by atoms with Crippen molar-refractivity contribution in [3.8, 4) is 0 Å². The third-order valence-electron chi connectivity index (χ3n) is 0.510. The highest BCUT2D eigenvalue weighted by Gasteiger charge is 1.68. The van der Waals surface area contributed by atoms with Gasteiger partial charge in [-0.3, -0.25) is 0 Å². The highest BCUT2D eigenvalue weighted by molar-refractivity contribution is 4.88. The van der Waals surface area contributed by atoms with Crippen LogP contribution in [0.1, 0.15) is 5.48 Å². The molecule has 1 aromatic rings. The minimum absolute atomic E-state index is 0.0741. The lowest BCUT2D eigenvalue weighted by molar-refractivity contribution is 0.928. The minimum Gasteiger partial charge on any atom is -0.357 e. The van der Waals surface area contributed by atoms with Gasteiger partial charge in [-0.25, -0.2) is 0 Å². The van der Waals surface area contributed by atoms with E-state index in [1.807, 2.05) is 0 Å². The van der Waals surface area contributed by atoms with Gasteiger partial charge in [-0.05, 0) is 12.1 Å². The van der Waals surface area contributed by atoms with Crippen molar-refractivity contribution in [2.24, 2.45) is 7.05 Å². The Morgan fingerprint density at radius 3 is 2.17 bits per heavy atom. The van der Waals surface area contributed by atoms with E-state index in [0.29, 0.717) is 0 Å². The summed E-state index contributed by atoms with van der Waals surface area (Å²) in [7, 11) is 1.50. The zero-order valence-electron chi connectivity index (χ0n) is 7.45. The van der Waals surface area contributed by atoms with Gasteiger partial charge in [-0.1, -0.05) is 0 Å². The Bertz CT molecular complexity index is 185. The Kier molecular flexibility index (Phi) is 0.219. The van der Waals surface area contributed by atoms with E-state index in [0.717, 1.165) is 0 Å². The zero-order chi connectivity index (χ0) is 7.89. The van der Waals surface area contributed by atoms with Gasteiger partial charge in [0.05, 0.1) is 5.48 Å². The molecule has 6 heavy (non-hydrogen) atoms. The van der Waals surface area contributed by atoms with E-state index in [1.165, 1.54) is 11.6 Å². The van der Waals surface area contributed by atoms with Crippen molar-refractivity contribution in [2.75, 3.05) is 0 Å². The third kappa shape index (κ3) is 0.432. The lowest BCUT2D eigenvalue weighted by Gasteiger charge is -1.79. The standard InChI is InChI=1S/C5H7N/c1-6-4-2-3-5-6/h2-5H,1H3/i2D,3D,4D,5D. The SMILES string of the molecule is [2H]c1c([2H])c([2H])n(C)c1[2H]. The smallest absolute Gasteiger partial charge is 0.0818 e. The molecule has 32 valence electrons. The van der Waals surface area contributed by atoms with Crippen LogP contribution in [-0.2, 0) is 7.05 Å². The van der Waals surface area contributed by atoms with E-state index in [-0.39, 0.29) is 24.4 Å². The molecule has 0 radical (unpaired) electrons. The van der Waals surface area contributed by atoms with Crippen molar-refractivity contribution in [3.05, 3.63) is 24.4 Å². The van der Waals surface area contributed by atoms with E-state index >= 15 is 0 Å². The van der Waals surface area contributed by atoms with Crippen LogP contribution in [0.25, 0.3) is 0 Å². The van der Waals surface area contributed by atoms with E-state index in [2.05, 4.69) is 0 Å². The molecule has 0 saturated heterocycles. The van der Waals surface area contributed by atoms with Crippen LogP contribution in [0.4, 0.5) is 0 Å². The molecule has 1 aromatic heterocycles. The van der Waals surface area contributed by atoms with Gasteiger partial charge in [0.1, 0.15) is 0 Å². The van der Waals surface area contributed by atoms with Crippen molar-refractivity contribution in [2.45, 2.75) is 0 Å². The van der Waals surface area contributed by atoms with Gasteiger partial charge in [0.25, 0.3) is 0 Å². The van der Waals surface area contributed by atoms with Gasteiger partial charge >= 0.3 is 0 Å². The van der Waals surface area contributed by atoms with Gasteiger partial charge in [0.2, 0.25) is 0 Å². The number of hydrogen-bond donors (Lipinski definition) is 0. The fourth-order valence-corrected chi connectivity index (χ4v) is 0.252. The summed E-state index contributed by atoms with van der Waals surface area (Å²) in [6, 6.07) is -0.347. The molecule has 1 heterocycles. The summed E-state index contributed by atoms with van der Waals surface area (Å²) >= 11 is 0. The fourth-order valence-electron chi connectivity index (χ4n) is 0.252. The number of aromatic nitrogens is 1. The van der Waals surface area contributed by atoms with Crippen molar-refractivity contribution in [1.82, 2.24) is 4.57 Å². The average Bonchev–Trinajstić information content (AvgIpc) is 2.07. The zero-order valence-corrected chi connectivity index (χ0v) is 3.45. The van der Waals surface area contributed by atoms with E-state index in [9.17, 15) is 0 Å². The average molecular weight is 85.1 g/mol. The van der Waals surface area contributed by atoms with Crippen LogP contribution in [-0.4, -0.2) is 4.57 Å². The van der Waals surface area contributed by atoms with Gasteiger partial charge in [0.15, 0.2) is 0 Å². The molecule has 0 spiro atoms. The summed E-state index contributed by atoms with van der Waals surface area (Å²) < 4.78 is 29.7. The van der Waals surface area contributed by atoms with Crippen molar-refractivity contribution >= 4 is 0 Å². The lowest BCUT2D eigenvalue weighted by atomic mass is 10.7. The Morgan fingerprint density at radius 1 is 1.50 bits per heavy atom. The van der Waals surface area contributed by atoms with Crippen LogP contribution in [0.2, 0.25) is 0 Å². The quantitative estimate of drug-likeness (QED) is 0.443. The Morgan fingerprint density at radius 2 is 2.00 bits per heavy atom. The highest BCUT2D eigenvalue weighted by Crippen LogP contribution is 1.80. The largest absolute Gasteiger partial charge is 0.357 e. The summed E-state index contributed by atoms with van der Waals surface area (Å²) in [4.78, 5) is 0. The number of hydrogen-bond acceptors (Lipinski definition) is 0. The van der Waals surface area contributed by atoms with Crippen LogP contribution in [0.5, 0.6) is 0 Å². The summed E-state index contributed by atoms with van der Waals surface area (Å²) in [5.74, 6) is 0. The van der Waals surface area contributed by atoms with Crippen molar-refractivity contribution < 1.29 is 5.48 Å². The highest BCUT2D eigenvalue weighted by atomic mass is 14.9. The first-order valence-electron chi connectivity index (χ1n) is 3.64. The molecule has 1 nitrogen and oxygen atoms in total. The molecule has 0 aliphatic rings. The maximum atomic E-state index is 7.14. The molecule has 0 fully saturated rings. The second kappa shape index (κ2) is 1.17. The molecular weight excluding hydrogens is 74.1 g/mol. The summed E-state index contributed by atoms with van der Waals surface area (Å²) in [6.07, 6.45) is -0.148. The monoisotopic (exact) mass is 85.1 g/mol. The molecule has 0 atom stereocenters. The molecule has 1 heteroatoms. The van der Waals surface area contributed by atoms with Gasteiger partial charge in [-0.15, -0.1) is 0 Å². The second-order valence-corrected chi connectivity index (χ2v) is 1.03. The Labute approximate surface area is 42.8 Å². The van der Waals surface area contributed by atoms with Crippen molar-refractivity contribution in [1.29, 1.82) is 0 Å². The van der Waals surface area contributed by atoms with Gasteiger partial charge in [0, 0.05) is 19.4 Å². The number of rotatable bonds is 0. The molecule has 0 bridgehead atoms. The molecular formula is C5H7N. The molecule has 1 rings (SSSR count).